The SMILES string of the molecule is Cc1ccc(NC(=O)Cn2c3ccc(C)cc3c3ncn(Cc4nc(C)no4)c(=O)c32)cc1. The first-order valence-corrected chi connectivity index (χ1v) is 10.5. The Morgan fingerprint density at radius 3 is 2.55 bits per heavy atom. The van der Waals surface area contributed by atoms with Crippen molar-refractivity contribution in [3.05, 3.63) is 82.0 Å². The molecular formula is C24H22N6O3. The third kappa shape index (κ3) is 3.89. The van der Waals surface area contributed by atoms with Gasteiger partial charge in [0, 0.05) is 11.1 Å². The molecule has 3 aromatic heterocycles. The highest BCUT2D eigenvalue weighted by molar-refractivity contribution is 6.06. The van der Waals surface area contributed by atoms with Gasteiger partial charge in [0.15, 0.2) is 5.82 Å². The van der Waals surface area contributed by atoms with Gasteiger partial charge in [-0.1, -0.05) is 34.5 Å². The van der Waals surface area contributed by atoms with Gasteiger partial charge in [0.25, 0.3) is 5.56 Å². The second-order valence-electron chi connectivity index (χ2n) is 8.13. The average molecular weight is 442 g/mol. The minimum atomic E-state index is -0.284. The van der Waals surface area contributed by atoms with E-state index in [0.717, 1.165) is 22.0 Å². The van der Waals surface area contributed by atoms with Crippen LogP contribution < -0.4 is 10.9 Å². The van der Waals surface area contributed by atoms with Gasteiger partial charge >= 0.3 is 0 Å². The van der Waals surface area contributed by atoms with Gasteiger partial charge in [0.1, 0.15) is 24.1 Å². The molecule has 0 bridgehead atoms. The van der Waals surface area contributed by atoms with E-state index in [1.54, 1.807) is 11.5 Å². The van der Waals surface area contributed by atoms with Gasteiger partial charge in [-0.05, 0) is 45.0 Å². The molecule has 0 saturated heterocycles. The van der Waals surface area contributed by atoms with Crippen molar-refractivity contribution >= 4 is 33.5 Å². The summed E-state index contributed by atoms with van der Waals surface area (Å²) in [5, 5.41) is 7.50. The zero-order valence-electron chi connectivity index (χ0n) is 18.5. The first kappa shape index (κ1) is 20.6. The minimum absolute atomic E-state index is 0.0302. The number of anilines is 1. The lowest BCUT2D eigenvalue weighted by Gasteiger charge is -2.09. The maximum Gasteiger partial charge on any atom is 0.278 e. The number of nitrogens with one attached hydrogen (secondary N) is 1. The molecule has 0 aliphatic rings. The Hall–Kier alpha value is -4.27. The summed E-state index contributed by atoms with van der Waals surface area (Å²) in [6, 6.07) is 13.4. The normalized spacial score (nSPS) is 11.4. The minimum Gasteiger partial charge on any atom is -0.337 e. The number of carbonyl (C=O) groups excluding carboxylic acids is 1. The Morgan fingerprint density at radius 2 is 1.82 bits per heavy atom. The van der Waals surface area contributed by atoms with Crippen molar-refractivity contribution in [1.29, 1.82) is 0 Å². The first-order valence-electron chi connectivity index (χ1n) is 10.5. The van der Waals surface area contributed by atoms with E-state index in [1.165, 1.54) is 10.9 Å². The topological polar surface area (TPSA) is 108 Å². The van der Waals surface area contributed by atoms with E-state index in [4.69, 9.17) is 4.52 Å². The van der Waals surface area contributed by atoms with Crippen LogP contribution in [0.2, 0.25) is 0 Å². The molecule has 2 aromatic carbocycles. The molecule has 0 radical (unpaired) electrons. The van der Waals surface area contributed by atoms with Crippen molar-refractivity contribution in [2.45, 2.75) is 33.9 Å². The lowest BCUT2D eigenvalue weighted by atomic mass is 10.1. The maximum atomic E-state index is 13.5. The van der Waals surface area contributed by atoms with Crippen molar-refractivity contribution in [3.8, 4) is 0 Å². The van der Waals surface area contributed by atoms with Gasteiger partial charge in [0.05, 0.1) is 11.8 Å². The number of aryl methyl sites for hydroxylation is 3. The van der Waals surface area contributed by atoms with Crippen molar-refractivity contribution in [2.75, 3.05) is 5.32 Å². The second-order valence-corrected chi connectivity index (χ2v) is 8.13. The highest BCUT2D eigenvalue weighted by Crippen LogP contribution is 2.26. The number of aromatic nitrogens is 5. The van der Waals surface area contributed by atoms with Gasteiger partial charge in [-0.2, -0.15) is 4.98 Å². The number of hydrogen-bond acceptors (Lipinski definition) is 6. The molecule has 0 spiro atoms. The Kier molecular flexibility index (Phi) is 5.01. The van der Waals surface area contributed by atoms with E-state index in [1.807, 2.05) is 56.3 Å². The third-order valence-electron chi connectivity index (χ3n) is 5.49. The van der Waals surface area contributed by atoms with Gasteiger partial charge < -0.3 is 14.4 Å². The summed E-state index contributed by atoms with van der Waals surface area (Å²) in [5.74, 6) is 0.566. The van der Waals surface area contributed by atoms with Crippen molar-refractivity contribution in [1.82, 2.24) is 24.3 Å². The zero-order valence-corrected chi connectivity index (χ0v) is 18.5. The summed E-state index contributed by atoms with van der Waals surface area (Å²) >= 11 is 0. The number of benzene rings is 2. The van der Waals surface area contributed by atoms with Crippen LogP contribution in [-0.4, -0.2) is 30.2 Å². The molecule has 0 fully saturated rings. The van der Waals surface area contributed by atoms with Crippen LogP contribution in [0, 0.1) is 20.8 Å². The summed E-state index contributed by atoms with van der Waals surface area (Å²) in [4.78, 5) is 35.1. The number of nitrogens with zero attached hydrogens (tertiary/aromatic N) is 5. The summed E-state index contributed by atoms with van der Waals surface area (Å²) in [7, 11) is 0. The molecular weight excluding hydrogens is 420 g/mol. The molecule has 9 heteroatoms. The fourth-order valence-corrected chi connectivity index (χ4v) is 3.92. The number of hydrogen-bond donors (Lipinski definition) is 1. The van der Waals surface area contributed by atoms with Gasteiger partial charge in [-0.25, -0.2) is 4.98 Å². The van der Waals surface area contributed by atoms with E-state index in [2.05, 4.69) is 20.4 Å². The van der Waals surface area contributed by atoms with E-state index in [9.17, 15) is 9.59 Å². The lowest BCUT2D eigenvalue weighted by Crippen LogP contribution is -2.25. The molecule has 3 heterocycles. The molecule has 0 unspecified atom stereocenters. The van der Waals surface area contributed by atoms with Crippen LogP contribution in [0.15, 0.2) is 58.1 Å². The molecule has 0 atom stereocenters. The van der Waals surface area contributed by atoms with Crippen molar-refractivity contribution < 1.29 is 9.32 Å². The Bertz CT molecular complexity index is 1560. The van der Waals surface area contributed by atoms with Crippen LogP contribution in [0.1, 0.15) is 22.8 Å². The van der Waals surface area contributed by atoms with Gasteiger partial charge in [-0.15, -0.1) is 0 Å². The van der Waals surface area contributed by atoms with Gasteiger partial charge in [-0.3, -0.25) is 14.2 Å². The standard InChI is InChI=1S/C24H22N6O3/c1-14-4-7-17(8-5-14)27-20(31)11-30-19-9-6-15(2)10-18(19)22-23(30)24(32)29(13-25-22)12-21-26-16(3)28-33-21/h4-10,13H,11-12H2,1-3H3,(H,27,31). The smallest absolute Gasteiger partial charge is 0.278 e. The van der Waals surface area contributed by atoms with E-state index in [0.29, 0.717) is 28.4 Å². The largest absolute Gasteiger partial charge is 0.337 e. The molecule has 33 heavy (non-hydrogen) atoms. The molecule has 0 aliphatic carbocycles. The van der Waals surface area contributed by atoms with Crippen LogP contribution in [0.4, 0.5) is 5.69 Å². The molecule has 0 aliphatic heterocycles. The molecule has 5 rings (SSSR count). The summed E-state index contributed by atoms with van der Waals surface area (Å²) in [6.45, 7) is 5.74. The maximum absolute atomic E-state index is 13.5. The Labute approximate surface area is 188 Å². The van der Waals surface area contributed by atoms with Crippen LogP contribution >= 0.6 is 0 Å². The number of carbonyl (C=O) groups is 1. The zero-order chi connectivity index (χ0) is 23.1. The highest BCUT2D eigenvalue weighted by atomic mass is 16.5. The Balaban J connectivity index is 1.60. The van der Waals surface area contributed by atoms with Gasteiger partial charge in [0.2, 0.25) is 11.8 Å². The molecule has 9 nitrogen and oxygen atoms in total. The predicted molar refractivity (Wildman–Crippen MR) is 124 cm³/mol. The average Bonchev–Trinajstić information content (AvgIpc) is 3.33. The summed E-state index contributed by atoms with van der Waals surface area (Å²) in [6.07, 6.45) is 1.47. The molecule has 5 aromatic rings. The van der Waals surface area contributed by atoms with E-state index in [-0.39, 0.29) is 24.6 Å². The van der Waals surface area contributed by atoms with Crippen LogP contribution in [0.25, 0.3) is 21.9 Å². The third-order valence-corrected chi connectivity index (χ3v) is 5.49. The number of fused-ring (bicyclic) bond motifs is 3. The molecule has 166 valence electrons. The fraction of sp³-hybridized carbons (Fsp3) is 0.208. The van der Waals surface area contributed by atoms with Crippen LogP contribution in [0.5, 0.6) is 0 Å². The van der Waals surface area contributed by atoms with Crippen molar-refractivity contribution in [3.63, 3.8) is 0 Å². The number of rotatable bonds is 5. The van der Waals surface area contributed by atoms with Crippen LogP contribution in [-0.2, 0) is 17.9 Å². The molecule has 1 N–H and O–H groups in total. The van der Waals surface area contributed by atoms with Crippen molar-refractivity contribution in [2.24, 2.45) is 0 Å². The monoisotopic (exact) mass is 442 g/mol. The van der Waals surface area contributed by atoms with E-state index >= 15 is 0 Å². The first-order chi connectivity index (χ1) is 15.9. The van der Waals surface area contributed by atoms with Crippen LogP contribution in [0.3, 0.4) is 0 Å². The fourth-order valence-electron chi connectivity index (χ4n) is 3.92. The highest BCUT2D eigenvalue weighted by Gasteiger charge is 2.19. The molecule has 1 amide bonds. The number of amides is 1. The summed E-state index contributed by atoms with van der Waals surface area (Å²) in [5.41, 5.74) is 4.24. The molecule has 0 saturated carbocycles. The summed E-state index contributed by atoms with van der Waals surface area (Å²) < 4.78 is 8.29. The lowest BCUT2D eigenvalue weighted by molar-refractivity contribution is -0.116. The predicted octanol–water partition coefficient (Wildman–Crippen LogP) is 3.35. The quantitative estimate of drug-likeness (QED) is 0.447. The Morgan fingerprint density at radius 1 is 1.06 bits per heavy atom. The second kappa shape index (κ2) is 8.01. The van der Waals surface area contributed by atoms with E-state index < -0.39 is 0 Å².